The smallest absolute Gasteiger partial charge is 0.0432 e. The molecule has 0 fully saturated rings. The molecule has 2 N–H and O–H groups in total. The topological polar surface area (TPSA) is 29.3 Å². The van der Waals surface area contributed by atoms with Gasteiger partial charge >= 0.3 is 0 Å². The number of hydrogen-bond donors (Lipinski definition) is 1. The van der Waals surface area contributed by atoms with Gasteiger partial charge in [-0.3, -0.25) is 0 Å². The maximum Gasteiger partial charge on any atom is 0.0432 e. The number of benzene rings is 1. The Balaban J connectivity index is 0.000000459. The van der Waals surface area contributed by atoms with Gasteiger partial charge in [-0.05, 0) is 30.4 Å². The van der Waals surface area contributed by atoms with Crippen molar-refractivity contribution in [3.63, 3.8) is 0 Å². The van der Waals surface area contributed by atoms with E-state index in [2.05, 4.69) is 23.1 Å². The molecule has 2 aliphatic heterocycles. The molecule has 0 aromatic heterocycles. The van der Waals surface area contributed by atoms with E-state index < -0.39 is 0 Å². The Kier molecular flexibility index (Phi) is 5.01. The van der Waals surface area contributed by atoms with Crippen LogP contribution in [0.2, 0.25) is 0 Å². The lowest BCUT2D eigenvalue weighted by Crippen LogP contribution is -2.45. The molecule has 2 aliphatic rings. The first-order valence-corrected chi connectivity index (χ1v) is 6.46. The first-order chi connectivity index (χ1) is 7.84. The summed E-state index contributed by atoms with van der Waals surface area (Å²) in [4.78, 5) is 2.47. The number of nitrogens with two attached hydrogens (primary N) is 1. The second kappa shape index (κ2) is 6.06. The van der Waals surface area contributed by atoms with Crippen molar-refractivity contribution >= 4 is 5.69 Å². The van der Waals surface area contributed by atoms with Crippen molar-refractivity contribution in [2.24, 2.45) is 5.73 Å². The highest BCUT2D eigenvalue weighted by molar-refractivity contribution is 5.63. The molecule has 0 saturated heterocycles. The zero-order chi connectivity index (χ0) is 11.5. The summed E-state index contributed by atoms with van der Waals surface area (Å²) in [7, 11) is 0. The highest BCUT2D eigenvalue weighted by Crippen LogP contribution is 2.34. The van der Waals surface area contributed by atoms with Gasteiger partial charge < -0.3 is 10.6 Å². The fourth-order valence-electron chi connectivity index (χ4n) is 2.80. The van der Waals surface area contributed by atoms with E-state index in [0.29, 0.717) is 6.04 Å². The van der Waals surface area contributed by atoms with Crippen LogP contribution in [0.3, 0.4) is 0 Å². The quantitative estimate of drug-likeness (QED) is 0.748. The summed E-state index contributed by atoms with van der Waals surface area (Å²) in [5.41, 5.74) is 10.5. The molecule has 0 amide bonds. The summed E-state index contributed by atoms with van der Waals surface area (Å²) in [5.74, 6) is 0. The molecular weight excluding hydrogens is 208 g/mol. The third-order valence-electron chi connectivity index (χ3n) is 3.33. The zero-order valence-corrected chi connectivity index (χ0v) is 10.4. The minimum absolute atomic E-state index is 0. The van der Waals surface area contributed by atoms with Crippen LogP contribution in [0.1, 0.15) is 38.8 Å². The Labute approximate surface area is 106 Å². The average molecular weight is 234 g/mol. The van der Waals surface area contributed by atoms with E-state index in [1.54, 1.807) is 0 Å². The molecule has 0 saturated carbocycles. The Morgan fingerprint density at radius 1 is 1.24 bits per heavy atom. The maximum absolute atomic E-state index is 6.05. The normalized spacial score (nSPS) is 20.6. The van der Waals surface area contributed by atoms with Crippen molar-refractivity contribution in [2.75, 3.05) is 18.0 Å². The van der Waals surface area contributed by atoms with E-state index in [0.717, 1.165) is 13.0 Å². The predicted octanol–water partition coefficient (Wildman–Crippen LogP) is 2.98. The Hall–Kier alpha value is -1.02. The molecule has 1 atom stereocenters. The van der Waals surface area contributed by atoms with Crippen LogP contribution >= 0.6 is 0 Å². The summed E-state index contributed by atoms with van der Waals surface area (Å²) < 4.78 is 0. The maximum atomic E-state index is 6.05. The van der Waals surface area contributed by atoms with Crippen molar-refractivity contribution in [1.82, 2.24) is 0 Å². The van der Waals surface area contributed by atoms with Crippen LogP contribution < -0.4 is 10.6 Å². The lowest BCUT2D eigenvalue weighted by Gasteiger charge is -2.39. The zero-order valence-electron chi connectivity index (χ0n) is 10.4. The van der Waals surface area contributed by atoms with E-state index in [9.17, 15) is 0 Å². The van der Waals surface area contributed by atoms with E-state index in [-0.39, 0.29) is 7.43 Å². The van der Waals surface area contributed by atoms with Crippen molar-refractivity contribution in [3.8, 4) is 0 Å². The number of hydrogen-bond acceptors (Lipinski definition) is 2. The largest absolute Gasteiger partial charge is 0.370 e. The van der Waals surface area contributed by atoms with Gasteiger partial charge in [0.15, 0.2) is 0 Å². The average Bonchev–Trinajstić information content (AvgIpc) is 2.32. The number of rotatable bonds is 0. The van der Waals surface area contributed by atoms with Crippen molar-refractivity contribution < 1.29 is 0 Å². The molecule has 17 heavy (non-hydrogen) atoms. The SMILES string of the molecule is C.CC.NC1Cc2cccc3c2N(CCC3)C1. The van der Waals surface area contributed by atoms with Crippen LogP contribution in [-0.4, -0.2) is 19.1 Å². The summed E-state index contributed by atoms with van der Waals surface area (Å²) in [5, 5.41) is 0. The molecule has 0 bridgehead atoms. The van der Waals surface area contributed by atoms with Crippen LogP contribution in [0.15, 0.2) is 18.2 Å². The molecule has 3 rings (SSSR count). The van der Waals surface area contributed by atoms with Gasteiger partial charge in [-0.2, -0.15) is 0 Å². The molecule has 2 heteroatoms. The Morgan fingerprint density at radius 3 is 2.71 bits per heavy atom. The lowest BCUT2D eigenvalue weighted by molar-refractivity contribution is 0.571. The predicted molar refractivity (Wildman–Crippen MR) is 76.7 cm³/mol. The first kappa shape index (κ1) is 14.0. The summed E-state index contributed by atoms with van der Waals surface area (Å²) in [6.07, 6.45) is 3.58. The van der Waals surface area contributed by atoms with E-state index in [1.807, 2.05) is 13.8 Å². The number of para-hydroxylation sites is 1. The van der Waals surface area contributed by atoms with Gasteiger partial charge in [-0.1, -0.05) is 39.5 Å². The van der Waals surface area contributed by atoms with E-state index >= 15 is 0 Å². The Morgan fingerprint density at radius 2 is 1.94 bits per heavy atom. The Bertz CT molecular complexity index is 360. The van der Waals surface area contributed by atoms with Crippen LogP contribution in [-0.2, 0) is 12.8 Å². The third kappa shape index (κ3) is 2.63. The van der Waals surface area contributed by atoms with Gasteiger partial charge in [0, 0.05) is 24.8 Å². The van der Waals surface area contributed by atoms with E-state index in [1.165, 1.54) is 36.2 Å². The minimum atomic E-state index is 0. The lowest BCUT2D eigenvalue weighted by atomic mass is 9.90. The van der Waals surface area contributed by atoms with E-state index in [4.69, 9.17) is 5.73 Å². The molecule has 1 aromatic carbocycles. The number of nitrogens with zero attached hydrogens (tertiary/aromatic N) is 1. The summed E-state index contributed by atoms with van der Waals surface area (Å²) >= 11 is 0. The monoisotopic (exact) mass is 234 g/mol. The molecule has 2 heterocycles. The fraction of sp³-hybridized carbons (Fsp3) is 0.600. The van der Waals surface area contributed by atoms with Gasteiger partial charge in [0.05, 0.1) is 0 Å². The number of aryl methyl sites for hydroxylation is 1. The van der Waals surface area contributed by atoms with Crippen LogP contribution in [0, 0.1) is 0 Å². The van der Waals surface area contributed by atoms with Gasteiger partial charge in [0.1, 0.15) is 0 Å². The van der Waals surface area contributed by atoms with Crippen LogP contribution in [0.5, 0.6) is 0 Å². The summed E-state index contributed by atoms with van der Waals surface area (Å²) in [6, 6.07) is 7.00. The van der Waals surface area contributed by atoms with Gasteiger partial charge in [0.2, 0.25) is 0 Å². The standard InChI is InChI=1S/C12H16N2.C2H6.CH4/c13-11-7-10-4-1-3-9-5-2-6-14(8-11)12(9)10;1-2;/h1,3-4,11H,2,5-8,13H2;1-2H3;1H4. The van der Waals surface area contributed by atoms with Gasteiger partial charge in [-0.15, -0.1) is 0 Å². The first-order valence-electron chi connectivity index (χ1n) is 6.46. The van der Waals surface area contributed by atoms with Gasteiger partial charge in [0.25, 0.3) is 0 Å². The highest BCUT2D eigenvalue weighted by Gasteiger charge is 2.26. The van der Waals surface area contributed by atoms with Crippen molar-refractivity contribution in [1.29, 1.82) is 0 Å². The van der Waals surface area contributed by atoms with Crippen molar-refractivity contribution in [2.45, 2.75) is 46.6 Å². The highest BCUT2D eigenvalue weighted by atomic mass is 15.2. The second-order valence-electron chi connectivity index (χ2n) is 4.44. The molecule has 1 aromatic rings. The van der Waals surface area contributed by atoms with Gasteiger partial charge in [-0.25, -0.2) is 0 Å². The fourth-order valence-corrected chi connectivity index (χ4v) is 2.80. The molecule has 0 radical (unpaired) electrons. The molecule has 1 unspecified atom stereocenters. The second-order valence-corrected chi connectivity index (χ2v) is 4.44. The van der Waals surface area contributed by atoms with Crippen LogP contribution in [0.4, 0.5) is 5.69 Å². The minimum Gasteiger partial charge on any atom is -0.370 e. The summed E-state index contributed by atoms with van der Waals surface area (Å²) in [6.45, 7) is 6.24. The third-order valence-corrected chi connectivity index (χ3v) is 3.33. The molecule has 0 aliphatic carbocycles. The van der Waals surface area contributed by atoms with Crippen molar-refractivity contribution in [3.05, 3.63) is 29.3 Å². The molecule has 0 spiro atoms. The molecule has 96 valence electrons. The molecule has 2 nitrogen and oxygen atoms in total. The number of anilines is 1. The molecular formula is C15H26N2. The van der Waals surface area contributed by atoms with Crippen LogP contribution in [0.25, 0.3) is 0 Å².